The number of hydrogen-bond acceptors (Lipinski definition) is 4. The molecule has 0 bridgehead atoms. The van der Waals surface area contributed by atoms with Crippen molar-refractivity contribution in [3.05, 3.63) is 53.6 Å². The summed E-state index contributed by atoms with van der Waals surface area (Å²) in [5, 5.41) is 2.82. The van der Waals surface area contributed by atoms with E-state index >= 15 is 0 Å². The molecule has 0 spiro atoms. The number of para-hydroxylation sites is 1. The monoisotopic (exact) mass is 297 g/mol. The molecule has 0 atom stereocenters. The van der Waals surface area contributed by atoms with Crippen LogP contribution in [0, 0.1) is 6.92 Å². The Morgan fingerprint density at radius 3 is 2.91 bits per heavy atom. The molecule has 1 aromatic heterocycles. The number of nitrogens with zero attached hydrogens (tertiary/aromatic N) is 2. The van der Waals surface area contributed by atoms with Crippen molar-refractivity contribution in [3.8, 4) is 5.75 Å². The minimum Gasteiger partial charge on any atom is -0.484 e. The molecule has 1 aliphatic carbocycles. The van der Waals surface area contributed by atoms with Gasteiger partial charge in [0.2, 0.25) is 0 Å². The molecule has 1 heterocycles. The van der Waals surface area contributed by atoms with Crippen LogP contribution in [0.25, 0.3) is 0 Å². The topological polar surface area (TPSA) is 64.1 Å². The third kappa shape index (κ3) is 3.81. The smallest absolute Gasteiger partial charge is 0.258 e. The zero-order valence-corrected chi connectivity index (χ0v) is 12.6. The Bertz CT molecular complexity index is 668. The minimum absolute atomic E-state index is 0.00538. The molecular formula is C17H19N3O2. The quantitative estimate of drug-likeness (QED) is 0.889. The van der Waals surface area contributed by atoms with E-state index in [1.54, 1.807) is 6.33 Å². The first-order valence-corrected chi connectivity index (χ1v) is 7.48. The molecule has 0 radical (unpaired) electrons. The lowest BCUT2D eigenvalue weighted by Gasteiger charge is -2.09. The number of rotatable bonds is 6. The van der Waals surface area contributed by atoms with Crippen molar-refractivity contribution in [1.82, 2.24) is 15.3 Å². The fourth-order valence-corrected chi connectivity index (χ4v) is 2.22. The van der Waals surface area contributed by atoms with E-state index in [1.807, 2.05) is 37.3 Å². The maximum absolute atomic E-state index is 11.9. The average Bonchev–Trinajstić information content (AvgIpc) is 3.37. The Kier molecular flexibility index (Phi) is 4.32. The molecule has 1 N–H and O–H groups in total. The largest absolute Gasteiger partial charge is 0.484 e. The number of amides is 1. The fraction of sp³-hybridized carbons (Fsp3) is 0.353. The zero-order valence-electron chi connectivity index (χ0n) is 12.6. The highest BCUT2D eigenvalue weighted by Gasteiger charge is 2.25. The van der Waals surface area contributed by atoms with Gasteiger partial charge in [0.05, 0.1) is 12.2 Å². The van der Waals surface area contributed by atoms with Gasteiger partial charge in [0.15, 0.2) is 6.61 Å². The number of ether oxygens (including phenoxy) is 1. The second kappa shape index (κ2) is 6.56. The van der Waals surface area contributed by atoms with Crippen LogP contribution in [0.5, 0.6) is 5.75 Å². The molecule has 1 saturated carbocycles. The fourth-order valence-electron chi connectivity index (χ4n) is 2.22. The highest BCUT2D eigenvalue weighted by Crippen LogP contribution is 2.38. The Balaban J connectivity index is 1.48. The maximum atomic E-state index is 11.9. The second-order valence-electron chi connectivity index (χ2n) is 5.54. The van der Waals surface area contributed by atoms with Gasteiger partial charge in [0.1, 0.15) is 12.1 Å². The first-order chi connectivity index (χ1) is 10.7. The second-order valence-corrected chi connectivity index (χ2v) is 5.54. The molecule has 1 fully saturated rings. The predicted molar refractivity (Wildman–Crippen MR) is 82.5 cm³/mol. The summed E-state index contributed by atoms with van der Waals surface area (Å²) in [5.74, 6) is 1.16. The first kappa shape index (κ1) is 14.5. The number of hydrogen-bond donors (Lipinski definition) is 1. The Morgan fingerprint density at radius 2 is 2.14 bits per heavy atom. The lowest BCUT2D eigenvalue weighted by molar-refractivity contribution is -0.123. The van der Waals surface area contributed by atoms with Crippen LogP contribution < -0.4 is 10.1 Å². The van der Waals surface area contributed by atoms with Gasteiger partial charge in [-0.15, -0.1) is 0 Å². The molecule has 1 amide bonds. The number of carbonyl (C=O) groups is 1. The summed E-state index contributed by atoms with van der Waals surface area (Å²) in [5.41, 5.74) is 2.93. The third-order valence-corrected chi connectivity index (χ3v) is 3.66. The normalized spacial score (nSPS) is 13.7. The molecule has 0 saturated heterocycles. The van der Waals surface area contributed by atoms with Gasteiger partial charge in [-0.05, 0) is 37.5 Å². The maximum Gasteiger partial charge on any atom is 0.258 e. The van der Waals surface area contributed by atoms with Gasteiger partial charge in [0.25, 0.3) is 5.91 Å². The van der Waals surface area contributed by atoms with E-state index in [2.05, 4.69) is 15.3 Å². The van der Waals surface area contributed by atoms with Crippen LogP contribution in [0.2, 0.25) is 0 Å². The van der Waals surface area contributed by atoms with Crippen molar-refractivity contribution in [2.75, 3.05) is 6.61 Å². The van der Waals surface area contributed by atoms with Gasteiger partial charge in [0, 0.05) is 11.6 Å². The van der Waals surface area contributed by atoms with E-state index in [0.717, 1.165) is 22.7 Å². The molecule has 0 unspecified atom stereocenters. The van der Waals surface area contributed by atoms with Crippen molar-refractivity contribution in [2.45, 2.75) is 32.2 Å². The number of aryl methyl sites for hydroxylation is 1. The Hall–Kier alpha value is -2.43. The van der Waals surface area contributed by atoms with Crippen molar-refractivity contribution in [3.63, 3.8) is 0 Å². The first-order valence-electron chi connectivity index (χ1n) is 7.48. The van der Waals surface area contributed by atoms with Crippen LogP contribution in [-0.2, 0) is 11.3 Å². The zero-order chi connectivity index (χ0) is 15.4. The van der Waals surface area contributed by atoms with Crippen LogP contribution in [0.3, 0.4) is 0 Å². The van der Waals surface area contributed by atoms with E-state index in [1.165, 1.54) is 12.8 Å². The van der Waals surface area contributed by atoms with E-state index in [9.17, 15) is 4.79 Å². The summed E-state index contributed by atoms with van der Waals surface area (Å²) in [6.45, 7) is 2.36. The van der Waals surface area contributed by atoms with Gasteiger partial charge >= 0.3 is 0 Å². The summed E-state index contributed by atoms with van der Waals surface area (Å²) in [6.07, 6.45) is 3.97. The van der Waals surface area contributed by atoms with Crippen LogP contribution in [0.1, 0.15) is 35.7 Å². The number of carbonyl (C=O) groups excluding carboxylic acids is 1. The van der Waals surface area contributed by atoms with E-state index in [-0.39, 0.29) is 12.5 Å². The summed E-state index contributed by atoms with van der Waals surface area (Å²) in [6, 6.07) is 9.61. The van der Waals surface area contributed by atoms with E-state index in [0.29, 0.717) is 12.5 Å². The molecule has 114 valence electrons. The van der Waals surface area contributed by atoms with Gasteiger partial charge in [-0.1, -0.05) is 18.2 Å². The summed E-state index contributed by atoms with van der Waals surface area (Å²) in [4.78, 5) is 20.3. The Morgan fingerprint density at radius 1 is 1.32 bits per heavy atom. The molecule has 2 aromatic rings. The summed E-state index contributed by atoms with van der Waals surface area (Å²) in [7, 11) is 0. The molecule has 0 aliphatic heterocycles. The lowest BCUT2D eigenvalue weighted by atomic mass is 10.2. The van der Waals surface area contributed by atoms with Crippen LogP contribution in [0.4, 0.5) is 0 Å². The van der Waals surface area contributed by atoms with Crippen LogP contribution in [-0.4, -0.2) is 22.5 Å². The minimum atomic E-state index is -0.158. The van der Waals surface area contributed by atoms with E-state index < -0.39 is 0 Å². The number of benzene rings is 1. The van der Waals surface area contributed by atoms with Crippen LogP contribution in [0.15, 0.2) is 36.7 Å². The highest BCUT2D eigenvalue weighted by atomic mass is 16.5. The molecule has 5 nitrogen and oxygen atoms in total. The van der Waals surface area contributed by atoms with Gasteiger partial charge < -0.3 is 10.1 Å². The Labute approximate surface area is 129 Å². The van der Waals surface area contributed by atoms with Crippen molar-refractivity contribution in [1.29, 1.82) is 0 Å². The van der Waals surface area contributed by atoms with Crippen LogP contribution >= 0.6 is 0 Å². The van der Waals surface area contributed by atoms with Crippen molar-refractivity contribution >= 4 is 5.91 Å². The molecule has 5 heteroatoms. The molecule has 1 aliphatic rings. The van der Waals surface area contributed by atoms with Crippen molar-refractivity contribution in [2.24, 2.45) is 0 Å². The summed E-state index contributed by atoms with van der Waals surface area (Å²) >= 11 is 0. The van der Waals surface area contributed by atoms with Gasteiger partial charge in [-0.25, -0.2) is 9.97 Å². The summed E-state index contributed by atoms with van der Waals surface area (Å²) < 4.78 is 5.51. The number of aromatic nitrogens is 2. The van der Waals surface area contributed by atoms with Crippen molar-refractivity contribution < 1.29 is 9.53 Å². The SMILES string of the molecule is Cc1ccccc1OCC(=O)NCc1cc(C2CC2)ncn1. The number of nitrogens with one attached hydrogen (secondary N) is 1. The average molecular weight is 297 g/mol. The highest BCUT2D eigenvalue weighted by molar-refractivity contribution is 5.77. The molecule has 1 aromatic carbocycles. The van der Waals surface area contributed by atoms with Gasteiger partial charge in [-0.3, -0.25) is 4.79 Å². The lowest BCUT2D eigenvalue weighted by Crippen LogP contribution is -2.28. The standard InChI is InChI=1S/C17H19N3O2/c1-12-4-2-3-5-16(12)22-10-17(21)18-9-14-8-15(13-6-7-13)20-11-19-14/h2-5,8,11,13H,6-7,9-10H2,1H3,(H,18,21). The molecular weight excluding hydrogens is 278 g/mol. The molecule has 3 rings (SSSR count). The molecule has 22 heavy (non-hydrogen) atoms. The van der Waals surface area contributed by atoms with Gasteiger partial charge in [-0.2, -0.15) is 0 Å². The third-order valence-electron chi connectivity index (χ3n) is 3.66. The predicted octanol–water partition coefficient (Wildman–Crippen LogP) is 2.36. The van der Waals surface area contributed by atoms with E-state index in [4.69, 9.17) is 4.74 Å².